The Morgan fingerprint density at radius 2 is 1.91 bits per heavy atom. The van der Waals surface area contributed by atoms with E-state index in [9.17, 15) is 4.79 Å². The third-order valence-electron chi connectivity index (χ3n) is 3.83. The van der Waals surface area contributed by atoms with Gasteiger partial charge in [0.25, 0.3) is 5.91 Å². The minimum Gasteiger partial charge on any atom is -0.378 e. The van der Waals surface area contributed by atoms with Crippen molar-refractivity contribution in [1.29, 1.82) is 0 Å². The lowest BCUT2D eigenvalue weighted by molar-refractivity contribution is 0.0944. The standard InChI is InChI=1S/C18H20N4O/c1-13-17(22-11-5-4-6-16(22)20-13)18(23)19-12-14-7-9-15(10-8-14)21(2)3/h4-11H,12H2,1-3H3,(H,19,23). The van der Waals surface area contributed by atoms with Crippen molar-refractivity contribution in [3.05, 3.63) is 65.6 Å². The van der Waals surface area contributed by atoms with E-state index in [-0.39, 0.29) is 5.91 Å². The molecule has 0 radical (unpaired) electrons. The van der Waals surface area contributed by atoms with Crippen molar-refractivity contribution in [2.75, 3.05) is 19.0 Å². The van der Waals surface area contributed by atoms with Gasteiger partial charge in [-0.15, -0.1) is 0 Å². The van der Waals surface area contributed by atoms with E-state index in [0.717, 1.165) is 22.6 Å². The van der Waals surface area contributed by atoms with Gasteiger partial charge in [0.2, 0.25) is 0 Å². The fourth-order valence-corrected chi connectivity index (χ4v) is 2.57. The van der Waals surface area contributed by atoms with Crippen LogP contribution in [0, 0.1) is 6.92 Å². The summed E-state index contributed by atoms with van der Waals surface area (Å²) in [6.45, 7) is 2.35. The Hall–Kier alpha value is -2.82. The molecule has 23 heavy (non-hydrogen) atoms. The molecule has 1 amide bonds. The highest BCUT2D eigenvalue weighted by atomic mass is 16.1. The monoisotopic (exact) mass is 308 g/mol. The third-order valence-corrected chi connectivity index (χ3v) is 3.83. The lowest BCUT2D eigenvalue weighted by atomic mass is 10.2. The fraction of sp³-hybridized carbons (Fsp3) is 0.222. The first-order valence-electron chi connectivity index (χ1n) is 7.54. The first-order valence-corrected chi connectivity index (χ1v) is 7.54. The second-order valence-electron chi connectivity index (χ2n) is 5.72. The van der Waals surface area contributed by atoms with Crippen molar-refractivity contribution < 1.29 is 4.79 Å². The third kappa shape index (κ3) is 3.04. The smallest absolute Gasteiger partial charge is 0.270 e. The molecule has 1 N–H and O–H groups in total. The van der Waals surface area contributed by atoms with Crippen LogP contribution in [0.15, 0.2) is 48.7 Å². The van der Waals surface area contributed by atoms with Gasteiger partial charge in [-0.05, 0) is 36.8 Å². The normalized spacial score (nSPS) is 10.7. The number of anilines is 1. The summed E-state index contributed by atoms with van der Waals surface area (Å²) in [5.74, 6) is -0.113. The molecule has 0 fully saturated rings. The van der Waals surface area contributed by atoms with Gasteiger partial charge >= 0.3 is 0 Å². The molecule has 5 heteroatoms. The van der Waals surface area contributed by atoms with E-state index in [1.807, 2.05) is 79.0 Å². The van der Waals surface area contributed by atoms with Crippen molar-refractivity contribution in [2.45, 2.75) is 13.5 Å². The number of pyridine rings is 1. The molecular weight excluding hydrogens is 288 g/mol. The fourth-order valence-electron chi connectivity index (χ4n) is 2.57. The molecule has 1 aromatic carbocycles. The number of hydrogen-bond donors (Lipinski definition) is 1. The molecule has 0 aliphatic carbocycles. The maximum absolute atomic E-state index is 12.5. The van der Waals surface area contributed by atoms with Crippen LogP contribution >= 0.6 is 0 Å². The van der Waals surface area contributed by atoms with Gasteiger partial charge in [0.05, 0.1) is 5.69 Å². The lowest BCUT2D eigenvalue weighted by Crippen LogP contribution is -2.25. The number of nitrogens with one attached hydrogen (secondary N) is 1. The van der Waals surface area contributed by atoms with Gasteiger partial charge in [-0.3, -0.25) is 9.20 Å². The van der Waals surface area contributed by atoms with Crippen LogP contribution in [0.4, 0.5) is 5.69 Å². The van der Waals surface area contributed by atoms with Crippen LogP contribution in [0.3, 0.4) is 0 Å². The van der Waals surface area contributed by atoms with Crippen molar-refractivity contribution in [3.63, 3.8) is 0 Å². The summed E-state index contributed by atoms with van der Waals surface area (Å²) in [5, 5.41) is 2.97. The van der Waals surface area contributed by atoms with Crippen molar-refractivity contribution in [1.82, 2.24) is 14.7 Å². The molecule has 118 valence electrons. The zero-order chi connectivity index (χ0) is 16.4. The first-order chi connectivity index (χ1) is 11.1. The van der Waals surface area contributed by atoms with E-state index >= 15 is 0 Å². The van der Waals surface area contributed by atoms with Crippen LogP contribution in [0.5, 0.6) is 0 Å². The largest absolute Gasteiger partial charge is 0.378 e. The molecule has 0 spiro atoms. The minimum absolute atomic E-state index is 0.113. The first kappa shape index (κ1) is 15.1. The number of imidazole rings is 1. The Morgan fingerprint density at radius 1 is 1.17 bits per heavy atom. The molecule has 3 rings (SSSR count). The summed E-state index contributed by atoms with van der Waals surface area (Å²) in [6, 6.07) is 13.8. The maximum Gasteiger partial charge on any atom is 0.270 e. The number of carbonyl (C=O) groups excluding carboxylic acids is 1. The van der Waals surface area contributed by atoms with Crippen LogP contribution < -0.4 is 10.2 Å². The van der Waals surface area contributed by atoms with E-state index in [1.165, 1.54) is 0 Å². The van der Waals surface area contributed by atoms with Crippen LogP contribution in [0.2, 0.25) is 0 Å². The van der Waals surface area contributed by atoms with Gasteiger partial charge < -0.3 is 10.2 Å². The van der Waals surface area contributed by atoms with Gasteiger partial charge in [0, 0.05) is 32.5 Å². The number of aromatic nitrogens is 2. The number of benzene rings is 1. The molecule has 0 aliphatic heterocycles. The predicted molar refractivity (Wildman–Crippen MR) is 91.9 cm³/mol. The quantitative estimate of drug-likeness (QED) is 0.806. The van der Waals surface area contributed by atoms with Crippen molar-refractivity contribution in [2.24, 2.45) is 0 Å². The van der Waals surface area contributed by atoms with Crippen LogP contribution in [0.25, 0.3) is 5.65 Å². The highest BCUT2D eigenvalue weighted by Gasteiger charge is 2.15. The van der Waals surface area contributed by atoms with E-state index in [0.29, 0.717) is 12.2 Å². The molecular formula is C18H20N4O. The van der Waals surface area contributed by atoms with E-state index in [4.69, 9.17) is 0 Å². The number of carbonyl (C=O) groups is 1. The van der Waals surface area contributed by atoms with E-state index in [2.05, 4.69) is 10.3 Å². The van der Waals surface area contributed by atoms with Gasteiger partial charge in [0.1, 0.15) is 11.3 Å². The molecule has 0 unspecified atom stereocenters. The minimum atomic E-state index is -0.113. The summed E-state index contributed by atoms with van der Waals surface area (Å²) >= 11 is 0. The molecule has 5 nitrogen and oxygen atoms in total. The topological polar surface area (TPSA) is 49.6 Å². The Balaban J connectivity index is 1.75. The Kier molecular flexibility index (Phi) is 4.02. The summed E-state index contributed by atoms with van der Waals surface area (Å²) in [6.07, 6.45) is 1.86. The molecule has 0 atom stereocenters. The molecule has 2 aromatic heterocycles. The number of aryl methyl sites for hydroxylation is 1. The predicted octanol–water partition coefficient (Wildman–Crippen LogP) is 2.64. The summed E-state index contributed by atoms with van der Waals surface area (Å²) in [7, 11) is 4.01. The molecule has 3 aromatic rings. The van der Waals surface area contributed by atoms with E-state index in [1.54, 1.807) is 0 Å². The van der Waals surface area contributed by atoms with Gasteiger partial charge in [-0.25, -0.2) is 4.98 Å². The van der Waals surface area contributed by atoms with Crippen molar-refractivity contribution >= 4 is 17.2 Å². The number of rotatable bonds is 4. The molecule has 0 saturated heterocycles. The summed E-state index contributed by atoms with van der Waals surface area (Å²) < 4.78 is 1.82. The highest BCUT2D eigenvalue weighted by molar-refractivity contribution is 5.94. The van der Waals surface area contributed by atoms with Crippen LogP contribution in [-0.2, 0) is 6.54 Å². The van der Waals surface area contributed by atoms with Crippen molar-refractivity contribution in [3.8, 4) is 0 Å². The average molecular weight is 308 g/mol. The zero-order valence-electron chi connectivity index (χ0n) is 13.6. The molecule has 0 bridgehead atoms. The summed E-state index contributed by atoms with van der Waals surface area (Å²) in [5.41, 5.74) is 4.31. The Morgan fingerprint density at radius 3 is 2.61 bits per heavy atom. The average Bonchev–Trinajstić information content (AvgIpc) is 2.88. The maximum atomic E-state index is 12.5. The number of hydrogen-bond acceptors (Lipinski definition) is 3. The van der Waals surface area contributed by atoms with Gasteiger partial charge in [0.15, 0.2) is 0 Å². The Bertz CT molecular complexity index is 834. The molecule has 0 aliphatic rings. The Labute approximate surface area is 135 Å². The number of amides is 1. The zero-order valence-corrected chi connectivity index (χ0v) is 13.6. The van der Waals surface area contributed by atoms with E-state index < -0.39 is 0 Å². The van der Waals surface area contributed by atoms with Gasteiger partial charge in [-0.1, -0.05) is 18.2 Å². The lowest BCUT2D eigenvalue weighted by Gasteiger charge is -2.13. The molecule has 2 heterocycles. The highest BCUT2D eigenvalue weighted by Crippen LogP contribution is 2.14. The van der Waals surface area contributed by atoms with Crippen LogP contribution in [0.1, 0.15) is 21.7 Å². The van der Waals surface area contributed by atoms with Crippen LogP contribution in [-0.4, -0.2) is 29.4 Å². The SMILES string of the molecule is Cc1nc2ccccn2c1C(=O)NCc1ccc(N(C)C)cc1. The number of fused-ring (bicyclic) bond motifs is 1. The second-order valence-corrected chi connectivity index (χ2v) is 5.72. The second kappa shape index (κ2) is 6.12. The van der Waals surface area contributed by atoms with Gasteiger partial charge in [-0.2, -0.15) is 0 Å². The number of nitrogens with zero attached hydrogens (tertiary/aromatic N) is 3. The summed E-state index contributed by atoms with van der Waals surface area (Å²) in [4.78, 5) is 19.0. The molecule has 0 saturated carbocycles.